The predicted molar refractivity (Wildman–Crippen MR) is 51.8 cm³/mol. The van der Waals surface area contributed by atoms with Crippen LogP contribution in [0.5, 0.6) is 0 Å². The maximum absolute atomic E-state index is 6.35. The van der Waals surface area contributed by atoms with E-state index in [4.69, 9.17) is 14.9 Å². The zero-order chi connectivity index (χ0) is 9.60. The van der Waals surface area contributed by atoms with Gasteiger partial charge >= 0.3 is 0 Å². The van der Waals surface area contributed by atoms with Crippen molar-refractivity contribution in [3.63, 3.8) is 0 Å². The highest BCUT2D eigenvalue weighted by molar-refractivity contribution is 5.12. The molecule has 3 heterocycles. The molecule has 3 unspecified atom stereocenters. The Hall–Kier alpha value is -0.800. The number of fused-ring (bicyclic) bond motifs is 2. The Morgan fingerprint density at radius 2 is 2.43 bits per heavy atom. The van der Waals surface area contributed by atoms with Crippen molar-refractivity contribution in [2.45, 2.75) is 43.4 Å². The van der Waals surface area contributed by atoms with Crippen LogP contribution in [0.4, 0.5) is 0 Å². The molecule has 1 aromatic rings. The molecule has 0 spiro atoms. The highest BCUT2D eigenvalue weighted by Crippen LogP contribution is 2.41. The van der Waals surface area contributed by atoms with Crippen molar-refractivity contribution in [3.8, 4) is 0 Å². The lowest BCUT2D eigenvalue weighted by Gasteiger charge is -2.30. The molecule has 3 rings (SSSR count). The van der Waals surface area contributed by atoms with Crippen LogP contribution >= 0.6 is 0 Å². The second-order valence-electron chi connectivity index (χ2n) is 4.52. The number of nitrogens with two attached hydrogens (primary N) is 1. The average molecular weight is 193 g/mol. The van der Waals surface area contributed by atoms with E-state index in [2.05, 4.69) is 0 Å². The first-order valence-electron chi connectivity index (χ1n) is 5.23. The monoisotopic (exact) mass is 193 g/mol. The fourth-order valence-electron chi connectivity index (χ4n) is 2.76. The Morgan fingerprint density at radius 3 is 3.00 bits per heavy atom. The fourth-order valence-corrected chi connectivity index (χ4v) is 2.76. The van der Waals surface area contributed by atoms with Gasteiger partial charge in [-0.2, -0.15) is 0 Å². The third-order valence-corrected chi connectivity index (χ3v) is 3.44. The molecule has 2 saturated heterocycles. The molecule has 2 aliphatic heterocycles. The lowest BCUT2D eigenvalue weighted by Crippen LogP contribution is -2.50. The van der Waals surface area contributed by atoms with Gasteiger partial charge < -0.3 is 14.9 Å². The molecule has 0 aliphatic carbocycles. The molecular weight excluding hydrogens is 178 g/mol. The average Bonchev–Trinajstić information content (AvgIpc) is 2.78. The standard InChI is InChI=1S/C11H15NO2/c12-11(6-8-2-1-5-13-8)7-9-3-4-10(11)14-9/h1-2,5,9-10H,3-4,6-7,12H2. The number of furan rings is 1. The maximum Gasteiger partial charge on any atom is 0.105 e. The van der Waals surface area contributed by atoms with Gasteiger partial charge in [-0.1, -0.05) is 0 Å². The highest BCUT2D eigenvalue weighted by atomic mass is 16.5. The second-order valence-corrected chi connectivity index (χ2v) is 4.52. The van der Waals surface area contributed by atoms with Crippen LogP contribution < -0.4 is 5.73 Å². The molecule has 3 atom stereocenters. The topological polar surface area (TPSA) is 48.4 Å². The fraction of sp³-hybridized carbons (Fsp3) is 0.636. The molecule has 0 radical (unpaired) electrons. The van der Waals surface area contributed by atoms with Crippen LogP contribution in [0.1, 0.15) is 25.0 Å². The predicted octanol–water partition coefficient (Wildman–Crippen LogP) is 1.47. The van der Waals surface area contributed by atoms with E-state index in [9.17, 15) is 0 Å². The van der Waals surface area contributed by atoms with E-state index in [1.807, 2.05) is 12.1 Å². The lowest BCUT2D eigenvalue weighted by atomic mass is 9.79. The summed E-state index contributed by atoms with van der Waals surface area (Å²) in [7, 11) is 0. The van der Waals surface area contributed by atoms with Gasteiger partial charge in [-0.25, -0.2) is 0 Å². The molecule has 0 saturated carbocycles. The molecule has 76 valence electrons. The molecule has 0 amide bonds. The zero-order valence-electron chi connectivity index (χ0n) is 8.11. The Balaban J connectivity index is 1.78. The van der Waals surface area contributed by atoms with Crippen molar-refractivity contribution in [2.75, 3.05) is 0 Å². The summed E-state index contributed by atoms with van der Waals surface area (Å²) in [6.07, 6.45) is 6.44. The summed E-state index contributed by atoms with van der Waals surface area (Å²) in [5.74, 6) is 0.976. The summed E-state index contributed by atoms with van der Waals surface area (Å²) in [6, 6.07) is 3.90. The molecule has 2 aliphatic rings. The first-order chi connectivity index (χ1) is 6.76. The third kappa shape index (κ3) is 1.20. The van der Waals surface area contributed by atoms with E-state index < -0.39 is 0 Å². The van der Waals surface area contributed by atoms with Gasteiger partial charge in [0.05, 0.1) is 24.0 Å². The minimum absolute atomic E-state index is 0.180. The minimum atomic E-state index is -0.180. The summed E-state index contributed by atoms with van der Waals surface area (Å²) in [6.45, 7) is 0. The summed E-state index contributed by atoms with van der Waals surface area (Å²) in [5.41, 5.74) is 6.17. The van der Waals surface area contributed by atoms with Gasteiger partial charge in [0, 0.05) is 6.42 Å². The van der Waals surface area contributed by atoms with Gasteiger partial charge in [0.2, 0.25) is 0 Å². The number of hydrogen-bond acceptors (Lipinski definition) is 3. The normalized spacial score (nSPS) is 40.6. The van der Waals surface area contributed by atoms with E-state index >= 15 is 0 Å². The number of rotatable bonds is 2. The van der Waals surface area contributed by atoms with Gasteiger partial charge in [-0.15, -0.1) is 0 Å². The number of ether oxygens (including phenoxy) is 1. The van der Waals surface area contributed by atoms with Gasteiger partial charge in [0.1, 0.15) is 5.76 Å². The van der Waals surface area contributed by atoms with Gasteiger partial charge in [0.15, 0.2) is 0 Å². The van der Waals surface area contributed by atoms with E-state index in [0.717, 1.165) is 25.0 Å². The quantitative estimate of drug-likeness (QED) is 0.773. The molecular formula is C11H15NO2. The SMILES string of the molecule is NC1(Cc2ccco2)CC2CCC1O2. The first kappa shape index (κ1) is 8.50. The van der Waals surface area contributed by atoms with Crippen LogP contribution in [0.2, 0.25) is 0 Å². The van der Waals surface area contributed by atoms with Crippen LogP contribution in [-0.4, -0.2) is 17.7 Å². The zero-order valence-corrected chi connectivity index (χ0v) is 8.11. The van der Waals surface area contributed by atoms with Crippen molar-refractivity contribution >= 4 is 0 Å². The summed E-state index contributed by atoms with van der Waals surface area (Å²) < 4.78 is 11.1. The first-order valence-corrected chi connectivity index (χ1v) is 5.23. The summed E-state index contributed by atoms with van der Waals surface area (Å²) in [4.78, 5) is 0. The van der Waals surface area contributed by atoms with Crippen molar-refractivity contribution in [2.24, 2.45) is 5.73 Å². The maximum atomic E-state index is 6.35. The molecule has 2 N–H and O–H groups in total. The van der Waals surface area contributed by atoms with Crippen molar-refractivity contribution < 1.29 is 9.15 Å². The van der Waals surface area contributed by atoms with Crippen LogP contribution in [0, 0.1) is 0 Å². The largest absolute Gasteiger partial charge is 0.469 e. The van der Waals surface area contributed by atoms with Gasteiger partial charge in [-0.3, -0.25) is 0 Å². The van der Waals surface area contributed by atoms with Gasteiger partial charge in [-0.05, 0) is 31.4 Å². The van der Waals surface area contributed by atoms with Crippen LogP contribution in [0.15, 0.2) is 22.8 Å². The van der Waals surface area contributed by atoms with E-state index in [-0.39, 0.29) is 11.6 Å². The lowest BCUT2D eigenvalue weighted by molar-refractivity contribution is 0.0845. The van der Waals surface area contributed by atoms with E-state index in [1.54, 1.807) is 6.26 Å². The molecule has 2 bridgehead atoms. The van der Waals surface area contributed by atoms with E-state index in [1.165, 1.54) is 6.42 Å². The summed E-state index contributed by atoms with van der Waals surface area (Å²) >= 11 is 0. The third-order valence-electron chi connectivity index (χ3n) is 3.44. The summed E-state index contributed by atoms with van der Waals surface area (Å²) in [5, 5.41) is 0. The van der Waals surface area contributed by atoms with Gasteiger partial charge in [0.25, 0.3) is 0 Å². The molecule has 1 aromatic heterocycles. The van der Waals surface area contributed by atoms with Crippen LogP contribution in [-0.2, 0) is 11.2 Å². The molecule has 14 heavy (non-hydrogen) atoms. The highest BCUT2D eigenvalue weighted by Gasteiger charge is 2.50. The van der Waals surface area contributed by atoms with Crippen LogP contribution in [0.25, 0.3) is 0 Å². The van der Waals surface area contributed by atoms with Crippen LogP contribution in [0.3, 0.4) is 0 Å². The van der Waals surface area contributed by atoms with Crippen molar-refractivity contribution in [3.05, 3.63) is 24.2 Å². The minimum Gasteiger partial charge on any atom is -0.469 e. The Labute approximate surface area is 83.2 Å². The van der Waals surface area contributed by atoms with E-state index in [0.29, 0.717) is 6.10 Å². The second kappa shape index (κ2) is 2.84. The number of hydrogen-bond donors (Lipinski definition) is 1. The van der Waals surface area contributed by atoms with Crippen molar-refractivity contribution in [1.29, 1.82) is 0 Å². The Bertz CT molecular complexity index is 322. The molecule has 3 heteroatoms. The van der Waals surface area contributed by atoms with Crippen molar-refractivity contribution in [1.82, 2.24) is 0 Å². The smallest absolute Gasteiger partial charge is 0.105 e. The Morgan fingerprint density at radius 1 is 1.50 bits per heavy atom. The molecule has 3 nitrogen and oxygen atoms in total. The molecule has 2 fully saturated rings. The Kier molecular flexibility index (Phi) is 1.73. The molecule has 0 aromatic carbocycles.